The molecule has 1 aromatic heterocycles. The fourth-order valence-electron chi connectivity index (χ4n) is 2.42. The van der Waals surface area contributed by atoms with Crippen molar-refractivity contribution in [2.24, 2.45) is 0 Å². The molecule has 0 saturated heterocycles. The largest absolute Gasteiger partial charge is 0.324 e. The van der Waals surface area contributed by atoms with Crippen molar-refractivity contribution in [3.63, 3.8) is 0 Å². The normalized spacial score (nSPS) is 11.1. The highest BCUT2D eigenvalue weighted by Gasteiger charge is 2.18. The number of alkyl halides is 2. The van der Waals surface area contributed by atoms with Crippen molar-refractivity contribution in [3.05, 3.63) is 64.3 Å². The van der Waals surface area contributed by atoms with Crippen LogP contribution in [0.4, 0.5) is 5.69 Å². The molecule has 0 unspecified atom stereocenters. The quantitative estimate of drug-likeness (QED) is 0.584. The summed E-state index contributed by atoms with van der Waals surface area (Å²) >= 11 is 23.3. The zero-order chi connectivity index (χ0) is 18.1. The standard InChI is InChI=1S/C17H10Cl4N2O2/c18-11-2-1-3-12(19)14(11)17(25)23-7-6-9-8-10(4-5-13(9)23)22-16(24)15(20)21/h1-8,15H,(H,22,24). The molecule has 0 bridgehead atoms. The maximum absolute atomic E-state index is 12.8. The first-order valence-electron chi connectivity index (χ1n) is 7.07. The molecule has 0 aliphatic heterocycles. The summed E-state index contributed by atoms with van der Waals surface area (Å²) in [5, 5.41) is 3.88. The predicted octanol–water partition coefficient (Wildman–Crippen LogP) is 5.38. The Hall–Kier alpha value is -1.72. The third-order valence-electron chi connectivity index (χ3n) is 3.55. The summed E-state index contributed by atoms with van der Waals surface area (Å²) in [7, 11) is 0. The number of fused-ring (bicyclic) bond motifs is 1. The molecule has 1 heterocycles. The summed E-state index contributed by atoms with van der Waals surface area (Å²) in [5.41, 5.74) is 1.39. The van der Waals surface area contributed by atoms with Gasteiger partial charge in [-0.3, -0.25) is 14.2 Å². The lowest BCUT2D eigenvalue weighted by molar-refractivity contribution is -0.114. The monoisotopic (exact) mass is 414 g/mol. The molecular formula is C17H10Cl4N2O2. The summed E-state index contributed by atoms with van der Waals surface area (Å²) in [6, 6.07) is 11.7. The van der Waals surface area contributed by atoms with Crippen LogP contribution in [0.5, 0.6) is 0 Å². The van der Waals surface area contributed by atoms with Crippen molar-refractivity contribution in [1.29, 1.82) is 0 Å². The number of nitrogens with one attached hydrogen (secondary N) is 1. The smallest absolute Gasteiger partial charge is 0.265 e. The molecule has 0 aliphatic rings. The van der Waals surface area contributed by atoms with Crippen molar-refractivity contribution in [1.82, 2.24) is 4.57 Å². The Labute approximate surface area is 163 Å². The van der Waals surface area contributed by atoms with Crippen molar-refractivity contribution in [3.8, 4) is 0 Å². The molecule has 0 radical (unpaired) electrons. The SMILES string of the molecule is O=C(Nc1ccc2c(ccn2C(=O)c2c(Cl)cccc2Cl)c1)C(Cl)Cl. The first kappa shape index (κ1) is 18.1. The lowest BCUT2D eigenvalue weighted by Crippen LogP contribution is -2.18. The number of hydrogen-bond acceptors (Lipinski definition) is 2. The number of anilines is 1. The fourth-order valence-corrected chi connectivity index (χ4v) is 3.09. The minimum atomic E-state index is -1.16. The molecule has 25 heavy (non-hydrogen) atoms. The van der Waals surface area contributed by atoms with Crippen LogP contribution in [0.1, 0.15) is 10.4 Å². The molecular weight excluding hydrogens is 406 g/mol. The Kier molecular flexibility index (Phi) is 5.25. The summed E-state index contributed by atoms with van der Waals surface area (Å²) in [6.07, 6.45) is 1.62. The van der Waals surface area contributed by atoms with E-state index in [9.17, 15) is 9.59 Å². The van der Waals surface area contributed by atoms with Crippen LogP contribution in [-0.2, 0) is 4.79 Å². The summed E-state index contributed by atoms with van der Waals surface area (Å²) in [5.74, 6) is -0.870. The lowest BCUT2D eigenvalue weighted by atomic mass is 10.2. The highest BCUT2D eigenvalue weighted by molar-refractivity contribution is 6.54. The summed E-state index contributed by atoms with van der Waals surface area (Å²) < 4.78 is 1.44. The minimum Gasteiger partial charge on any atom is -0.324 e. The first-order valence-corrected chi connectivity index (χ1v) is 8.70. The van der Waals surface area contributed by atoms with Gasteiger partial charge < -0.3 is 5.32 Å². The van der Waals surface area contributed by atoms with Crippen molar-refractivity contribution in [2.45, 2.75) is 4.84 Å². The number of hydrogen-bond donors (Lipinski definition) is 1. The van der Waals surface area contributed by atoms with Crippen LogP contribution in [-0.4, -0.2) is 21.2 Å². The van der Waals surface area contributed by atoms with E-state index >= 15 is 0 Å². The lowest BCUT2D eigenvalue weighted by Gasteiger charge is -2.09. The zero-order valence-electron chi connectivity index (χ0n) is 12.5. The van der Waals surface area contributed by atoms with Gasteiger partial charge in [-0.1, -0.05) is 52.5 Å². The van der Waals surface area contributed by atoms with Crippen LogP contribution < -0.4 is 5.32 Å². The molecule has 3 rings (SSSR count). The van der Waals surface area contributed by atoms with Crippen LogP contribution in [0.15, 0.2) is 48.7 Å². The molecule has 4 nitrogen and oxygen atoms in total. The molecule has 1 amide bonds. The highest BCUT2D eigenvalue weighted by Crippen LogP contribution is 2.28. The Morgan fingerprint density at radius 1 is 1.00 bits per heavy atom. The third-order valence-corrected chi connectivity index (χ3v) is 4.58. The Morgan fingerprint density at radius 2 is 1.68 bits per heavy atom. The molecule has 0 spiro atoms. The third kappa shape index (κ3) is 3.62. The number of nitrogens with zero attached hydrogens (tertiary/aromatic N) is 1. The van der Waals surface area contributed by atoms with Gasteiger partial charge in [-0.05, 0) is 36.4 Å². The number of benzene rings is 2. The van der Waals surface area contributed by atoms with Crippen LogP contribution in [0.25, 0.3) is 10.9 Å². The average molecular weight is 416 g/mol. The molecule has 0 aliphatic carbocycles. The maximum atomic E-state index is 12.8. The second kappa shape index (κ2) is 7.26. The molecule has 0 atom stereocenters. The Morgan fingerprint density at radius 3 is 2.32 bits per heavy atom. The minimum absolute atomic E-state index is 0.229. The second-order valence-electron chi connectivity index (χ2n) is 5.15. The first-order chi connectivity index (χ1) is 11.9. The molecule has 0 fully saturated rings. The van der Waals surface area contributed by atoms with Gasteiger partial charge in [0, 0.05) is 17.3 Å². The van der Waals surface area contributed by atoms with E-state index in [1.54, 1.807) is 48.7 Å². The van der Waals surface area contributed by atoms with Crippen molar-refractivity contribution >= 4 is 74.8 Å². The number of halogens is 4. The molecule has 8 heteroatoms. The van der Waals surface area contributed by atoms with E-state index in [4.69, 9.17) is 46.4 Å². The predicted molar refractivity (Wildman–Crippen MR) is 102 cm³/mol. The van der Waals surface area contributed by atoms with E-state index < -0.39 is 10.7 Å². The van der Waals surface area contributed by atoms with Gasteiger partial charge in [-0.2, -0.15) is 0 Å². The van der Waals surface area contributed by atoms with E-state index in [2.05, 4.69) is 5.32 Å². The van der Waals surface area contributed by atoms with E-state index in [-0.39, 0.29) is 21.5 Å². The number of carbonyl (C=O) groups is 2. The zero-order valence-corrected chi connectivity index (χ0v) is 15.5. The van der Waals surface area contributed by atoms with Crippen molar-refractivity contribution < 1.29 is 9.59 Å². The second-order valence-corrected chi connectivity index (χ2v) is 7.06. The van der Waals surface area contributed by atoms with E-state index in [1.807, 2.05) is 0 Å². The number of rotatable bonds is 3. The van der Waals surface area contributed by atoms with Gasteiger partial charge in [0.15, 0.2) is 4.84 Å². The summed E-state index contributed by atoms with van der Waals surface area (Å²) in [6.45, 7) is 0. The Balaban J connectivity index is 1.99. The van der Waals surface area contributed by atoms with Gasteiger partial charge >= 0.3 is 0 Å². The van der Waals surface area contributed by atoms with Gasteiger partial charge in [0.05, 0.1) is 21.1 Å². The molecule has 3 aromatic rings. The average Bonchev–Trinajstić information content (AvgIpc) is 2.97. The number of carbonyl (C=O) groups excluding carboxylic acids is 2. The van der Waals surface area contributed by atoms with Crippen LogP contribution in [0.3, 0.4) is 0 Å². The molecule has 1 N–H and O–H groups in total. The summed E-state index contributed by atoms with van der Waals surface area (Å²) in [4.78, 5) is 23.2. The van der Waals surface area contributed by atoms with Gasteiger partial charge in [-0.15, -0.1) is 0 Å². The molecule has 128 valence electrons. The number of aromatic nitrogens is 1. The van der Waals surface area contributed by atoms with Crippen LogP contribution in [0.2, 0.25) is 10.0 Å². The topological polar surface area (TPSA) is 51.1 Å². The van der Waals surface area contributed by atoms with Gasteiger partial charge in [0.1, 0.15) is 0 Å². The van der Waals surface area contributed by atoms with Gasteiger partial charge in [-0.25, -0.2) is 0 Å². The highest BCUT2D eigenvalue weighted by atomic mass is 35.5. The van der Waals surface area contributed by atoms with Gasteiger partial charge in [0.25, 0.3) is 11.8 Å². The number of amides is 1. The van der Waals surface area contributed by atoms with E-state index in [0.29, 0.717) is 11.2 Å². The molecule has 0 saturated carbocycles. The molecule has 2 aromatic carbocycles. The fraction of sp³-hybridized carbons (Fsp3) is 0.0588. The van der Waals surface area contributed by atoms with Crippen LogP contribution >= 0.6 is 46.4 Å². The Bertz CT molecular complexity index is 962. The van der Waals surface area contributed by atoms with E-state index in [0.717, 1.165) is 5.39 Å². The van der Waals surface area contributed by atoms with Crippen molar-refractivity contribution in [2.75, 3.05) is 5.32 Å². The van der Waals surface area contributed by atoms with E-state index in [1.165, 1.54) is 4.57 Å². The maximum Gasteiger partial charge on any atom is 0.265 e. The van der Waals surface area contributed by atoms with Crippen LogP contribution in [0, 0.1) is 0 Å². The van der Waals surface area contributed by atoms with Gasteiger partial charge in [0.2, 0.25) is 0 Å².